The third-order valence-corrected chi connectivity index (χ3v) is 2.60. The molecule has 0 spiro atoms. The summed E-state index contributed by atoms with van der Waals surface area (Å²) in [5.74, 6) is 0.674. The highest BCUT2D eigenvalue weighted by atomic mass is 14.6. The quantitative estimate of drug-likeness (QED) is 0.643. The van der Waals surface area contributed by atoms with Crippen LogP contribution < -0.4 is 5.73 Å². The molecule has 1 heteroatoms. The molecule has 0 aliphatic carbocycles. The lowest BCUT2D eigenvalue weighted by molar-refractivity contribution is 0.233. The molecule has 0 aromatic carbocycles. The highest BCUT2D eigenvalue weighted by molar-refractivity contribution is 4.80. The Morgan fingerprint density at radius 3 is 2.25 bits per heavy atom. The molecule has 0 fully saturated rings. The van der Waals surface area contributed by atoms with E-state index in [1.165, 1.54) is 0 Å². The average molecular weight is 169 g/mol. The van der Waals surface area contributed by atoms with Crippen molar-refractivity contribution in [3.05, 3.63) is 12.7 Å². The zero-order valence-corrected chi connectivity index (χ0v) is 8.93. The number of hydrogen-bond acceptors (Lipinski definition) is 1. The van der Waals surface area contributed by atoms with Crippen molar-refractivity contribution in [2.45, 2.75) is 46.6 Å². The predicted molar refractivity (Wildman–Crippen MR) is 56.0 cm³/mol. The number of hydrogen-bond donors (Lipinski definition) is 1. The minimum absolute atomic E-state index is 0.289. The normalized spacial score (nSPS) is 17.1. The Bertz CT molecular complexity index is 132. The van der Waals surface area contributed by atoms with Crippen LogP contribution in [0.1, 0.15) is 40.5 Å². The van der Waals surface area contributed by atoms with Crippen LogP contribution in [0.15, 0.2) is 12.7 Å². The molecule has 0 aliphatic heterocycles. The summed E-state index contributed by atoms with van der Waals surface area (Å²) in [6.07, 6.45) is 3.93. The topological polar surface area (TPSA) is 26.0 Å². The van der Waals surface area contributed by atoms with Crippen molar-refractivity contribution in [2.24, 2.45) is 17.1 Å². The molecule has 72 valence electrons. The molecule has 12 heavy (non-hydrogen) atoms. The van der Waals surface area contributed by atoms with Crippen molar-refractivity contribution in [2.75, 3.05) is 0 Å². The fourth-order valence-electron chi connectivity index (χ4n) is 1.12. The minimum atomic E-state index is 0.289. The van der Waals surface area contributed by atoms with Gasteiger partial charge in [0.1, 0.15) is 0 Å². The van der Waals surface area contributed by atoms with Crippen LogP contribution in [0.5, 0.6) is 0 Å². The van der Waals surface area contributed by atoms with Crippen LogP contribution in [0, 0.1) is 11.3 Å². The first kappa shape index (κ1) is 11.7. The maximum Gasteiger partial charge on any atom is 0.00760 e. The molecule has 0 amide bonds. The van der Waals surface area contributed by atoms with Crippen molar-refractivity contribution in [1.82, 2.24) is 0 Å². The second-order valence-corrected chi connectivity index (χ2v) is 4.79. The van der Waals surface area contributed by atoms with Crippen LogP contribution in [0.4, 0.5) is 0 Å². The third-order valence-electron chi connectivity index (χ3n) is 2.60. The van der Waals surface area contributed by atoms with E-state index in [1.807, 2.05) is 6.08 Å². The van der Waals surface area contributed by atoms with E-state index in [-0.39, 0.29) is 6.04 Å². The molecule has 1 nitrogen and oxygen atoms in total. The van der Waals surface area contributed by atoms with Crippen LogP contribution in [0.3, 0.4) is 0 Å². The van der Waals surface area contributed by atoms with E-state index in [0.717, 1.165) is 12.8 Å². The first-order valence-corrected chi connectivity index (χ1v) is 4.74. The van der Waals surface area contributed by atoms with E-state index < -0.39 is 0 Å². The zero-order chi connectivity index (χ0) is 9.78. The van der Waals surface area contributed by atoms with Gasteiger partial charge in [-0.2, -0.15) is 0 Å². The zero-order valence-electron chi connectivity index (χ0n) is 8.93. The Hall–Kier alpha value is -0.300. The van der Waals surface area contributed by atoms with E-state index in [2.05, 4.69) is 34.3 Å². The van der Waals surface area contributed by atoms with Crippen molar-refractivity contribution < 1.29 is 0 Å². The van der Waals surface area contributed by atoms with Gasteiger partial charge in [0, 0.05) is 6.04 Å². The fourth-order valence-corrected chi connectivity index (χ4v) is 1.12. The standard InChI is InChI=1S/C11H23N/c1-6-7-10(12)8-9(2)11(3,4)5/h6,9-10H,1,7-8,12H2,2-5H3. The van der Waals surface area contributed by atoms with Gasteiger partial charge < -0.3 is 5.73 Å². The van der Waals surface area contributed by atoms with Crippen molar-refractivity contribution in [3.8, 4) is 0 Å². The van der Waals surface area contributed by atoms with Crippen LogP contribution >= 0.6 is 0 Å². The number of rotatable bonds is 4. The lowest BCUT2D eigenvalue weighted by atomic mass is 9.78. The monoisotopic (exact) mass is 169 g/mol. The van der Waals surface area contributed by atoms with Crippen LogP contribution in [-0.4, -0.2) is 6.04 Å². The highest BCUT2D eigenvalue weighted by Gasteiger charge is 2.21. The molecular weight excluding hydrogens is 146 g/mol. The summed E-state index contributed by atoms with van der Waals surface area (Å²) in [6.45, 7) is 12.7. The van der Waals surface area contributed by atoms with Gasteiger partial charge in [-0.05, 0) is 24.2 Å². The summed E-state index contributed by atoms with van der Waals surface area (Å²) in [7, 11) is 0. The lowest BCUT2D eigenvalue weighted by Gasteiger charge is -2.29. The average Bonchev–Trinajstić information content (AvgIpc) is 1.85. The first-order chi connectivity index (χ1) is 5.38. The molecule has 2 N–H and O–H groups in total. The van der Waals surface area contributed by atoms with E-state index in [0.29, 0.717) is 11.3 Å². The summed E-state index contributed by atoms with van der Waals surface area (Å²) in [4.78, 5) is 0. The first-order valence-electron chi connectivity index (χ1n) is 4.74. The summed E-state index contributed by atoms with van der Waals surface area (Å²) in [5.41, 5.74) is 6.28. The van der Waals surface area contributed by atoms with Crippen molar-refractivity contribution >= 4 is 0 Å². The molecule has 0 rings (SSSR count). The minimum Gasteiger partial charge on any atom is -0.327 e. The van der Waals surface area contributed by atoms with E-state index in [4.69, 9.17) is 5.73 Å². The second kappa shape index (κ2) is 4.66. The Labute approximate surface area is 77.0 Å². The van der Waals surface area contributed by atoms with Crippen LogP contribution in [0.2, 0.25) is 0 Å². The highest BCUT2D eigenvalue weighted by Crippen LogP contribution is 2.29. The van der Waals surface area contributed by atoms with E-state index >= 15 is 0 Å². The van der Waals surface area contributed by atoms with Gasteiger partial charge in [0.25, 0.3) is 0 Å². The smallest absolute Gasteiger partial charge is 0.00760 e. The van der Waals surface area contributed by atoms with E-state index in [9.17, 15) is 0 Å². The molecule has 0 aromatic heterocycles. The SMILES string of the molecule is C=CCC(N)CC(C)C(C)(C)C. The maximum absolute atomic E-state index is 5.91. The van der Waals surface area contributed by atoms with Crippen LogP contribution in [0.25, 0.3) is 0 Å². The van der Waals surface area contributed by atoms with Crippen molar-refractivity contribution in [1.29, 1.82) is 0 Å². The largest absolute Gasteiger partial charge is 0.327 e. The van der Waals surface area contributed by atoms with Crippen LogP contribution in [-0.2, 0) is 0 Å². The molecule has 0 aromatic rings. The van der Waals surface area contributed by atoms with Gasteiger partial charge in [0.2, 0.25) is 0 Å². The Morgan fingerprint density at radius 2 is 1.92 bits per heavy atom. The molecule has 2 atom stereocenters. The Balaban J connectivity index is 3.83. The molecule has 0 saturated heterocycles. The molecule has 0 aliphatic rings. The Kier molecular flexibility index (Phi) is 4.54. The summed E-state index contributed by atoms with van der Waals surface area (Å²) < 4.78 is 0. The Morgan fingerprint density at radius 1 is 1.42 bits per heavy atom. The summed E-state index contributed by atoms with van der Waals surface area (Å²) in [6, 6.07) is 0.289. The van der Waals surface area contributed by atoms with E-state index in [1.54, 1.807) is 0 Å². The van der Waals surface area contributed by atoms with Gasteiger partial charge in [0.15, 0.2) is 0 Å². The number of nitrogens with two attached hydrogens (primary N) is 1. The van der Waals surface area contributed by atoms with Gasteiger partial charge in [-0.1, -0.05) is 33.8 Å². The summed E-state index contributed by atoms with van der Waals surface area (Å²) in [5, 5.41) is 0. The molecule has 2 unspecified atom stereocenters. The van der Waals surface area contributed by atoms with Gasteiger partial charge >= 0.3 is 0 Å². The molecule has 0 radical (unpaired) electrons. The molecule has 0 bridgehead atoms. The van der Waals surface area contributed by atoms with Gasteiger partial charge in [-0.15, -0.1) is 6.58 Å². The molecule has 0 saturated carbocycles. The predicted octanol–water partition coefficient (Wildman–Crippen LogP) is 2.96. The van der Waals surface area contributed by atoms with Gasteiger partial charge in [-0.25, -0.2) is 0 Å². The molecule has 0 heterocycles. The molecular formula is C11H23N. The third kappa shape index (κ3) is 4.55. The summed E-state index contributed by atoms with van der Waals surface area (Å²) >= 11 is 0. The van der Waals surface area contributed by atoms with Crippen molar-refractivity contribution in [3.63, 3.8) is 0 Å². The second-order valence-electron chi connectivity index (χ2n) is 4.79. The fraction of sp³-hybridized carbons (Fsp3) is 0.818. The van der Waals surface area contributed by atoms with Gasteiger partial charge in [0.05, 0.1) is 0 Å². The maximum atomic E-state index is 5.91. The lowest BCUT2D eigenvalue weighted by Crippen LogP contribution is -2.27. The van der Waals surface area contributed by atoms with Gasteiger partial charge in [-0.3, -0.25) is 0 Å².